The molecule has 1 aromatic rings. The lowest BCUT2D eigenvalue weighted by atomic mass is 9.82. The number of rotatable bonds is 4. The number of hydrogen-bond donors (Lipinski definition) is 1. The molecule has 1 atom stereocenters. The van der Waals surface area contributed by atoms with Gasteiger partial charge < -0.3 is 14.8 Å². The van der Waals surface area contributed by atoms with Gasteiger partial charge in [-0.05, 0) is 25.2 Å². The molecule has 1 aliphatic heterocycles. The Kier molecular flexibility index (Phi) is 4.50. The van der Waals surface area contributed by atoms with Gasteiger partial charge in [0.2, 0.25) is 0 Å². The van der Waals surface area contributed by atoms with Crippen molar-refractivity contribution in [3.8, 4) is 0 Å². The molecule has 0 aliphatic carbocycles. The van der Waals surface area contributed by atoms with Crippen molar-refractivity contribution in [1.82, 2.24) is 5.32 Å². The van der Waals surface area contributed by atoms with Crippen LogP contribution in [0, 0.1) is 11.6 Å². The molecule has 2 rings (SSSR count). The zero-order valence-electron chi connectivity index (χ0n) is 11.2. The second-order valence-corrected chi connectivity index (χ2v) is 4.77. The van der Waals surface area contributed by atoms with Crippen LogP contribution in [0.2, 0.25) is 0 Å². The topological polar surface area (TPSA) is 30.5 Å². The van der Waals surface area contributed by atoms with Crippen molar-refractivity contribution >= 4 is 0 Å². The summed E-state index contributed by atoms with van der Waals surface area (Å²) in [5.41, 5.74) is -0.270. The Morgan fingerprint density at radius 2 is 2.00 bits per heavy atom. The van der Waals surface area contributed by atoms with E-state index in [9.17, 15) is 8.78 Å². The van der Waals surface area contributed by atoms with E-state index < -0.39 is 23.3 Å². The standard InChI is InChI=1S/C14H19F2NO2/c1-17-13(11-9-10(15)3-4-12(11)16)14(18-2)5-7-19-8-6-14/h3-4,9,13,17H,5-8H2,1-2H3. The number of benzene rings is 1. The van der Waals surface area contributed by atoms with Crippen LogP contribution in [0.5, 0.6) is 0 Å². The fraction of sp³-hybridized carbons (Fsp3) is 0.571. The third-order valence-electron chi connectivity index (χ3n) is 3.83. The van der Waals surface area contributed by atoms with Crippen molar-refractivity contribution in [3.63, 3.8) is 0 Å². The molecule has 3 nitrogen and oxygen atoms in total. The minimum atomic E-state index is -0.568. The average Bonchev–Trinajstić information content (AvgIpc) is 2.44. The molecular weight excluding hydrogens is 252 g/mol. The van der Waals surface area contributed by atoms with Crippen LogP contribution >= 0.6 is 0 Å². The lowest BCUT2D eigenvalue weighted by molar-refractivity contribution is -0.111. The Hall–Kier alpha value is -1.04. The highest BCUT2D eigenvalue weighted by atomic mass is 19.1. The summed E-state index contributed by atoms with van der Waals surface area (Å²) in [5, 5.41) is 3.06. The number of halogens is 2. The molecule has 0 radical (unpaired) electrons. The first kappa shape index (κ1) is 14.4. The summed E-state index contributed by atoms with van der Waals surface area (Å²) >= 11 is 0. The maximum atomic E-state index is 14.0. The summed E-state index contributed by atoms with van der Waals surface area (Å²) in [7, 11) is 3.33. The van der Waals surface area contributed by atoms with Crippen LogP contribution in [0.15, 0.2) is 18.2 Å². The van der Waals surface area contributed by atoms with Gasteiger partial charge in [0.05, 0.1) is 11.6 Å². The molecule has 0 bridgehead atoms. The maximum absolute atomic E-state index is 14.0. The van der Waals surface area contributed by atoms with E-state index >= 15 is 0 Å². The molecule has 19 heavy (non-hydrogen) atoms. The van der Waals surface area contributed by atoms with Gasteiger partial charge in [-0.15, -0.1) is 0 Å². The molecule has 106 valence electrons. The fourth-order valence-corrected chi connectivity index (χ4v) is 2.77. The quantitative estimate of drug-likeness (QED) is 0.912. The summed E-state index contributed by atoms with van der Waals surface area (Å²) < 4.78 is 38.3. The molecule has 1 fully saturated rings. The normalized spacial score (nSPS) is 20.2. The van der Waals surface area contributed by atoms with E-state index in [1.165, 1.54) is 6.07 Å². The van der Waals surface area contributed by atoms with Gasteiger partial charge in [-0.1, -0.05) is 0 Å². The van der Waals surface area contributed by atoms with Crippen LogP contribution in [0.4, 0.5) is 8.78 Å². The predicted molar refractivity (Wildman–Crippen MR) is 68.0 cm³/mol. The number of likely N-dealkylation sites (N-methyl/N-ethyl adjacent to an activating group) is 1. The zero-order valence-corrected chi connectivity index (χ0v) is 11.2. The summed E-state index contributed by atoms with van der Waals surface area (Å²) in [6.45, 7) is 1.12. The van der Waals surface area contributed by atoms with Gasteiger partial charge in [0.15, 0.2) is 0 Å². The molecule has 1 saturated heterocycles. The van der Waals surface area contributed by atoms with Gasteiger partial charge in [-0.3, -0.25) is 0 Å². The van der Waals surface area contributed by atoms with Crippen LogP contribution in [-0.2, 0) is 9.47 Å². The van der Waals surface area contributed by atoms with Gasteiger partial charge in [-0.2, -0.15) is 0 Å². The van der Waals surface area contributed by atoms with E-state index in [0.717, 1.165) is 12.1 Å². The Morgan fingerprint density at radius 3 is 2.58 bits per heavy atom. The lowest BCUT2D eigenvalue weighted by Crippen LogP contribution is -2.48. The van der Waals surface area contributed by atoms with Crippen LogP contribution < -0.4 is 5.32 Å². The van der Waals surface area contributed by atoms with Crippen molar-refractivity contribution in [1.29, 1.82) is 0 Å². The molecule has 1 aromatic carbocycles. The first-order valence-corrected chi connectivity index (χ1v) is 6.38. The number of nitrogens with one attached hydrogen (secondary N) is 1. The van der Waals surface area contributed by atoms with E-state index in [0.29, 0.717) is 31.6 Å². The molecule has 1 heterocycles. The van der Waals surface area contributed by atoms with Crippen molar-refractivity contribution in [2.24, 2.45) is 0 Å². The van der Waals surface area contributed by atoms with Gasteiger partial charge >= 0.3 is 0 Å². The van der Waals surface area contributed by atoms with Gasteiger partial charge in [0.25, 0.3) is 0 Å². The van der Waals surface area contributed by atoms with Crippen LogP contribution in [0.3, 0.4) is 0 Å². The van der Waals surface area contributed by atoms with Crippen molar-refractivity contribution in [3.05, 3.63) is 35.4 Å². The largest absolute Gasteiger partial charge is 0.381 e. The lowest BCUT2D eigenvalue weighted by Gasteiger charge is -2.42. The van der Waals surface area contributed by atoms with E-state index in [1.807, 2.05) is 0 Å². The molecule has 0 saturated carbocycles. The Labute approximate surface area is 111 Å². The van der Waals surface area contributed by atoms with Gasteiger partial charge in [-0.25, -0.2) is 8.78 Å². The fourth-order valence-electron chi connectivity index (χ4n) is 2.77. The molecule has 0 spiro atoms. The van der Waals surface area contributed by atoms with E-state index in [2.05, 4.69) is 5.32 Å². The maximum Gasteiger partial charge on any atom is 0.128 e. The number of methoxy groups -OCH3 is 1. The SMILES string of the molecule is CNC(c1cc(F)ccc1F)C1(OC)CCOCC1. The first-order valence-electron chi connectivity index (χ1n) is 6.38. The highest BCUT2D eigenvalue weighted by Crippen LogP contribution is 2.38. The molecule has 0 aromatic heterocycles. The third-order valence-corrected chi connectivity index (χ3v) is 3.83. The molecule has 1 aliphatic rings. The van der Waals surface area contributed by atoms with E-state index in [1.54, 1.807) is 14.2 Å². The smallest absolute Gasteiger partial charge is 0.128 e. The second kappa shape index (κ2) is 5.94. The highest BCUT2D eigenvalue weighted by molar-refractivity contribution is 5.25. The van der Waals surface area contributed by atoms with Gasteiger partial charge in [0, 0.05) is 38.7 Å². The highest BCUT2D eigenvalue weighted by Gasteiger charge is 2.41. The minimum Gasteiger partial charge on any atom is -0.381 e. The van der Waals surface area contributed by atoms with Crippen LogP contribution in [-0.4, -0.2) is 33.0 Å². The van der Waals surface area contributed by atoms with Crippen LogP contribution in [0.1, 0.15) is 24.4 Å². The van der Waals surface area contributed by atoms with Crippen LogP contribution in [0.25, 0.3) is 0 Å². The van der Waals surface area contributed by atoms with E-state index in [4.69, 9.17) is 9.47 Å². The van der Waals surface area contributed by atoms with Crippen molar-refractivity contribution in [2.75, 3.05) is 27.4 Å². The predicted octanol–water partition coefficient (Wildman–Crippen LogP) is 2.42. The molecule has 1 N–H and O–H groups in total. The zero-order chi connectivity index (χ0) is 13.9. The monoisotopic (exact) mass is 271 g/mol. The first-order chi connectivity index (χ1) is 9.13. The third kappa shape index (κ3) is 2.78. The molecule has 5 heteroatoms. The van der Waals surface area contributed by atoms with Crippen molar-refractivity contribution < 1.29 is 18.3 Å². The Balaban J connectivity index is 2.39. The summed E-state index contributed by atoms with van der Waals surface area (Å²) in [6, 6.07) is 3.09. The Morgan fingerprint density at radius 1 is 1.32 bits per heavy atom. The molecule has 1 unspecified atom stereocenters. The summed E-state index contributed by atoms with van der Waals surface area (Å²) in [4.78, 5) is 0. The molecule has 0 amide bonds. The number of hydrogen-bond acceptors (Lipinski definition) is 3. The second-order valence-electron chi connectivity index (χ2n) is 4.77. The molecular formula is C14H19F2NO2. The Bertz CT molecular complexity index is 433. The summed E-state index contributed by atoms with van der Waals surface area (Å²) in [6.07, 6.45) is 1.29. The van der Waals surface area contributed by atoms with Gasteiger partial charge in [0.1, 0.15) is 11.6 Å². The average molecular weight is 271 g/mol. The van der Waals surface area contributed by atoms with Crippen molar-refractivity contribution in [2.45, 2.75) is 24.5 Å². The minimum absolute atomic E-state index is 0.297. The summed E-state index contributed by atoms with van der Waals surface area (Å²) in [5.74, 6) is -0.876. The van der Waals surface area contributed by atoms with E-state index in [-0.39, 0.29) is 0 Å². The number of ether oxygens (including phenoxy) is 2.